The molecule has 0 bridgehead atoms. The fraction of sp³-hybridized carbons (Fsp3) is 0.524. The second-order valence-corrected chi connectivity index (χ2v) is 7.06. The molecule has 1 heterocycles. The highest BCUT2D eigenvalue weighted by Crippen LogP contribution is 2.34. The molecule has 0 amide bonds. The number of aryl methyl sites for hydroxylation is 1. The van der Waals surface area contributed by atoms with Gasteiger partial charge in [-0.2, -0.15) is 5.10 Å². The standard InChI is InChI=1S/C21H33N5O4/c1-7-22-20(24-14-21(2,27)15-12-25-26(3)13-15)23-9-8-17-18(29-5)10-16(28-4)11-19(17)30-6/h10-13,27H,7-9,14H2,1-6H3,(H2,22,23,24). The molecule has 0 aliphatic carbocycles. The van der Waals surface area contributed by atoms with Crippen molar-refractivity contribution in [2.75, 3.05) is 41.0 Å². The fourth-order valence-electron chi connectivity index (χ4n) is 3.00. The first kappa shape index (κ1) is 23.3. The summed E-state index contributed by atoms with van der Waals surface area (Å²) in [4.78, 5) is 4.54. The monoisotopic (exact) mass is 419 g/mol. The third-order valence-corrected chi connectivity index (χ3v) is 4.70. The number of nitrogens with one attached hydrogen (secondary N) is 2. The molecule has 0 saturated carbocycles. The molecular formula is C21H33N5O4. The molecule has 0 aliphatic rings. The van der Waals surface area contributed by atoms with E-state index in [0.29, 0.717) is 42.7 Å². The number of aliphatic imine (C=N–C) groups is 1. The van der Waals surface area contributed by atoms with Gasteiger partial charge < -0.3 is 30.0 Å². The normalized spacial score (nSPS) is 13.5. The van der Waals surface area contributed by atoms with E-state index in [1.54, 1.807) is 45.3 Å². The SMILES string of the molecule is CCNC(=NCC(C)(O)c1cnn(C)c1)NCCc1c(OC)cc(OC)cc1OC. The number of hydrogen-bond acceptors (Lipinski definition) is 6. The van der Waals surface area contributed by atoms with Crippen molar-refractivity contribution < 1.29 is 19.3 Å². The van der Waals surface area contributed by atoms with Gasteiger partial charge in [-0.3, -0.25) is 4.68 Å². The summed E-state index contributed by atoms with van der Waals surface area (Å²) in [6.07, 6.45) is 4.09. The first-order chi connectivity index (χ1) is 14.3. The maximum Gasteiger partial charge on any atom is 0.191 e. The maximum atomic E-state index is 10.7. The van der Waals surface area contributed by atoms with Gasteiger partial charge in [0.25, 0.3) is 0 Å². The van der Waals surface area contributed by atoms with E-state index in [9.17, 15) is 5.11 Å². The lowest BCUT2D eigenvalue weighted by Crippen LogP contribution is -2.39. The second-order valence-electron chi connectivity index (χ2n) is 7.06. The van der Waals surface area contributed by atoms with E-state index in [2.05, 4.69) is 20.7 Å². The minimum atomic E-state index is -1.11. The lowest BCUT2D eigenvalue weighted by atomic mass is 10.0. The second kappa shape index (κ2) is 10.7. The number of rotatable bonds is 10. The Labute approximate surface area is 178 Å². The quantitative estimate of drug-likeness (QED) is 0.396. The van der Waals surface area contributed by atoms with Gasteiger partial charge in [-0.15, -0.1) is 0 Å². The molecule has 9 heteroatoms. The summed E-state index contributed by atoms with van der Waals surface area (Å²) in [7, 11) is 6.67. The molecular weight excluding hydrogens is 386 g/mol. The zero-order chi connectivity index (χ0) is 22.1. The molecule has 9 nitrogen and oxygen atoms in total. The summed E-state index contributed by atoms with van der Waals surface area (Å²) in [6, 6.07) is 3.67. The van der Waals surface area contributed by atoms with E-state index in [1.165, 1.54) is 0 Å². The predicted octanol–water partition coefficient (Wildman–Crippen LogP) is 1.45. The van der Waals surface area contributed by atoms with Crippen LogP contribution in [-0.2, 0) is 19.1 Å². The van der Waals surface area contributed by atoms with Crippen LogP contribution >= 0.6 is 0 Å². The summed E-state index contributed by atoms with van der Waals surface area (Å²) in [6.45, 7) is 5.22. The minimum Gasteiger partial charge on any atom is -0.496 e. The number of aromatic nitrogens is 2. The highest BCUT2D eigenvalue weighted by atomic mass is 16.5. The number of benzene rings is 1. The smallest absolute Gasteiger partial charge is 0.191 e. The number of hydrogen-bond donors (Lipinski definition) is 3. The van der Waals surface area contributed by atoms with Gasteiger partial charge in [-0.1, -0.05) is 0 Å². The van der Waals surface area contributed by atoms with Crippen molar-refractivity contribution in [3.05, 3.63) is 35.7 Å². The van der Waals surface area contributed by atoms with Crippen LogP contribution in [0, 0.1) is 0 Å². The van der Waals surface area contributed by atoms with Gasteiger partial charge in [0.05, 0.1) is 34.1 Å². The van der Waals surface area contributed by atoms with Gasteiger partial charge >= 0.3 is 0 Å². The van der Waals surface area contributed by atoms with Gasteiger partial charge in [-0.25, -0.2) is 4.99 Å². The molecule has 0 saturated heterocycles. The Balaban J connectivity index is 2.07. The van der Waals surface area contributed by atoms with Crippen LogP contribution in [0.4, 0.5) is 0 Å². The summed E-state index contributed by atoms with van der Waals surface area (Å²) in [5.74, 6) is 2.70. The van der Waals surface area contributed by atoms with Crippen molar-refractivity contribution >= 4 is 5.96 Å². The minimum absolute atomic E-state index is 0.198. The molecule has 0 radical (unpaired) electrons. The maximum absolute atomic E-state index is 10.7. The van der Waals surface area contributed by atoms with Crippen LogP contribution in [0.5, 0.6) is 17.2 Å². The van der Waals surface area contributed by atoms with Crippen LogP contribution in [0.25, 0.3) is 0 Å². The van der Waals surface area contributed by atoms with E-state index in [-0.39, 0.29) is 6.54 Å². The summed E-state index contributed by atoms with van der Waals surface area (Å²) < 4.78 is 18.0. The molecule has 2 aromatic rings. The molecule has 2 rings (SSSR count). The van der Waals surface area contributed by atoms with Gasteiger partial charge in [0.15, 0.2) is 5.96 Å². The van der Waals surface area contributed by atoms with Gasteiger partial charge in [-0.05, 0) is 20.3 Å². The molecule has 1 atom stereocenters. The Morgan fingerprint density at radius 1 is 1.17 bits per heavy atom. The van der Waals surface area contributed by atoms with Crippen LogP contribution in [0.2, 0.25) is 0 Å². The van der Waals surface area contributed by atoms with E-state index >= 15 is 0 Å². The Hall–Kier alpha value is -2.94. The summed E-state index contributed by atoms with van der Waals surface area (Å²) in [5, 5.41) is 21.4. The van der Waals surface area contributed by atoms with Crippen molar-refractivity contribution in [2.24, 2.45) is 12.0 Å². The van der Waals surface area contributed by atoms with E-state index in [4.69, 9.17) is 14.2 Å². The zero-order valence-electron chi connectivity index (χ0n) is 18.7. The number of methoxy groups -OCH3 is 3. The Kier molecular flexibility index (Phi) is 8.35. The lowest BCUT2D eigenvalue weighted by molar-refractivity contribution is 0.0672. The first-order valence-corrected chi connectivity index (χ1v) is 9.87. The molecule has 1 aromatic carbocycles. The summed E-state index contributed by atoms with van der Waals surface area (Å²) in [5.41, 5.74) is 0.544. The molecule has 166 valence electrons. The predicted molar refractivity (Wildman–Crippen MR) is 117 cm³/mol. The number of guanidine groups is 1. The van der Waals surface area contributed by atoms with Crippen molar-refractivity contribution in [2.45, 2.75) is 25.9 Å². The summed E-state index contributed by atoms with van der Waals surface area (Å²) >= 11 is 0. The fourth-order valence-corrected chi connectivity index (χ4v) is 3.00. The van der Waals surface area contributed by atoms with Crippen molar-refractivity contribution in [3.63, 3.8) is 0 Å². The third-order valence-electron chi connectivity index (χ3n) is 4.70. The topological polar surface area (TPSA) is 102 Å². The third kappa shape index (κ3) is 6.03. The van der Waals surface area contributed by atoms with Crippen molar-refractivity contribution in [1.82, 2.24) is 20.4 Å². The average molecular weight is 420 g/mol. The molecule has 3 N–H and O–H groups in total. The van der Waals surface area contributed by atoms with Crippen LogP contribution in [0.1, 0.15) is 25.0 Å². The first-order valence-electron chi connectivity index (χ1n) is 9.87. The Bertz CT molecular complexity index is 823. The molecule has 30 heavy (non-hydrogen) atoms. The Morgan fingerprint density at radius 3 is 2.33 bits per heavy atom. The highest BCUT2D eigenvalue weighted by Gasteiger charge is 2.24. The lowest BCUT2D eigenvalue weighted by Gasteiger charge is -2.21. The molecule has 0 aliphatic heterocycles. The van der Waals surface area contributed by atoms with Crippen LogP contribution < -0.4 is 24.8 Å². The highest BCUT2D eigenvalue weighted by molar-refractivity contribution is 5.79. The molecule has 0 spiro atoms. The molecule has 0 fully saturated rings. The average Bonchev–Trinajstić information content (AvgIpc) is 3.19. The van der Waals surface area contributed by atoms with E-state index in [0.717, 1.165) is 11.1 Å². The number of aliphatic hydroxyl groups is 1. The van der Waals surface area contributed by atoms with Crippen molar-refractivity contribution in [3.8, 4) is 17.2 Å². The van der Waals surface area contributed by atoms with Gasteiger partial charge in [0.2, 0.25) is 0 Å². The van der Waals surface area contributed by atoms with Crippen LogP contribution in [0.15, 0.2) is 29.5 Å². The van der Waals surface area contributed by atoms with Crippen LogP contribution in [0.3, 0.4) is 0 Å². The van der Waals surface area contributed by atoms with Gasteiger partial charge in [0, 0.05) is 49.6 Å². The van der Waals surface area contributed by atoms with E-state index < -0.39 is 5.60 Å². The number of nitrogens with zero attached hydrogens (tertiary/aromatic N) is 3. The zero-order valence-corrected chi connectivity index (χ0v) is 18.7. The van der Waals surface area contributed by atoms with Gasteiger partial charge in [0.1, 0.15) is 22.8 Å². The van der Waals surface area contributed by atoms with E-state index in [1.807, 2.05) is 26.1 Å². The van der Waals surface area contributed by atoms with Crippen LogP contribution in [-0.4, -0.2) is 61.8 Å². The van der Waals surface area contributed by atoms with Crippen molar-refractivity contribution in [1.29, 1.82) is 0 Å². The molecule has 1 aromatic heterocycles. The Morgan fingerprint density at radius 2 is 1.83 bits per heavy atom. The largest absolute Gasteiger partial charge is 0.496 e. The molecule has 1 unspecified atom stereocenters. The number of ether oxygens (including phenoxy) is 3.